The second-order valence-corrected chi connectivity index (χ2v) is 6.35. The monoisotopic (exact) mass is 363 g/mol. The highest BCUT2D eigenvalue weighted by Crippen LogP contribution is 2.39. The van der Waals surface area contributed by atoms with Crippen LogP contribution in [0.3, 0.4) is 0 Å². The van der Waals surface area contributed by atoms with Gasteiger partial charge in [0.05, 0.1) is 36.4 Å². The third-order valence-electron chi connectivity index (χ3n) is 4.74. The Balaban J connectivity index is 1.93. The zero-order valence-corrected chi connectivity index (χ0v) is 15.5. The van der Waals surface area contributed by atoms with E-state index in [1.165, 1.54) is 7.11 Å². The van der Waals surface area contributed by atoms with Gasteiger partial charge in [0, 0.05) is 5.70 Å². The molecule has 27 heavy (non-hydrogen) atoms. The molecule has 0 radical (unpaired) electrons. The topological polar surface area (TPSA) is 65.4 Å². The van der Waals surface area contributed by atoms with Gasteiger partial charge in [-0.05, 0) is 43.7 Å². The van der Waals surface area contributed by atoms with E-state index in [0.29, 0.717) is 18.1 Å². The SMILES string of the molecule is CCOc1ccc([C@@H]2C(C(=O)OC)=C(C)Nc3nc4ccccc4n32)cc1. The summed E-state index contributed by atoms with van der Waals surface area (Å²) < 4.78 is 12.7. The van der Waals surface area contributed by atoms with Crippen LogP contribution in [0.15, 0.2) is 59.8 Å². The van der Waals surface area contributed by atoms with Crippen molar-refractivity contribution in [3.05, 3.63) is 65.4 Å². The van der Waals surface area contributed by atoms with Crippen LogP contribution < -0.4 is 10.1 Å². The maximum atomic E-state index is 12.6. The van der Waals surface area contributed by atoms with E-state index in [4.69, 9.17) is 9.47 Å². The Kier molecular flexibility index (Phi) is 4.32. The molecule has 1 N–H and O–H groups in total. The van der Waals surface area contributed by atoms with Crippen LogP contribution in [0, 0.1) is 0 Å². The highest BCUT2D eigenvalue weighted by atomic mass is 16.5. The zero-order chi connectivity index (χ0) is 19.0. The standard InChI is InChI=1S/C21H21N3O3/c1-4-27-15-11-9-14(10-12-15)19-18(20(25)26-3)13(2)22-21-23-16-7-5-6-8-17(16)24(19)21/h5-12,19H,4H2,1-3H3,(H,22,23)/t19-/m1/s1. The number of nitrogens with zero attached hydrogens (tertiary/aromatic N) is 2. The molecule has 3 aromatic rings. The fraction of sp³-hybridized carbons (Fsp3) is 0.238. The molecule has 6 heteroatoms. The maximum absolute atomic E-state index is 12.6. The van der Waals surface area contributed by atoms with E-state index in [9.17, 15) is 4.79 Å². The van der Waals surface area contributed by atoms with Gasteiger partial charge in [-0.15, -0.1) is 0 Å². The number of para-hydroxylation sites is 2. The normalized spacial score (nSPS) is 16.0. The number of ether oxygens (including phenoxy) is 2. The van der Waals surface area contributed by atoms with Gasteiger partial charge < -0.3 is 14.8 Å². The van der Waals surface area contributed by atoms with E-state index in [1.54, 1.807) is 0 Å². The largest absolute Gasteiger partial charge is 0.494 e. The number of allylic oxidation sites excluding steroid dienone is 1. The lowest BCUT2D eigenvalue weighted by molar-refractivity contribution is -0.136. The first-order valence-corrected chi connectivity index (χ1v) is 8.90. The number of carbonyl (C=O) groups excluding carboxylic acids is 1. The molecule has 2 aromatic carbocycles. The summed E-state index contributed by atoms with van der Waals surface area (Å²) in [6.07, 6.45) is 0. The number of rotatable bonds is 4. The van der Waals surface area contributed by atoms with Crippen LogP contribution in [0.5, 0.6) is 5.75 Å². The van der Waals surface area contributed by atoms with Crippen molar-refractivity contribution in [1.29, 1.82) is 0 Å². The number of anilines is 1. The van der Waals surface area contributed by atoms with E-state index in [-0.39, 0.29) is 12.0 Å². The van der Waals surface area contributed by atoms with Gasteiger partial charge in [-0.2, -0.15) is 0 Å². The first-order chi connectivity index (χ1) is 13.1. The molecule has 1 aliphatic rings. The van der Waals surface area contributed by atoms with Crippen LogP contribution in [0.25, 0.3) is 11.0 Å². The van der Waals surface area contributed by atoms with Crippen LogP contribution in [-0.2, 0) is 9.53 Å². The predicted molar refractivity (Wildman–Crippen MR) is 104 cm³/mol. The molecule has 0 fully saturated rings. The van der Waals surface area contributed by atoms with Crippen molar-refractivity contribution in [2.45, 2.75) is 19.9 Å². The van der Waals surface area contributed by atoms with Gasteiger partial charge in [-0.3, -0.25) is 4.57 Å². The molecule has 0 amide bonds. The molecular weight excluding hydrogens is 342 g/mol. The average Bonchev–Trinajstić information content (AvgIpc) is 3.05. The van der Waals surface area contributed by atoms with Gasteiger partial charge in [0.2, 0.25) is 5.95 Å². The summed E-state index contributed by atoms with van der Waals surface area (Å²) in [4.78, 5) is 17.3. The molecule has 1 aliphatic heterocycles. The molecular formula is C21H21N3O3. The van der Waals surface area contributed by atoms with Crippen molar-refractivity contribution >= 4 is 23.0 Å². The quantitative estimate of drug-likeness (QED) is 0.712. The molecule has 0 aliphatic carbocycles. The van der Waals surface area contributed by atoms with Crippen LogP contribution in [-0.4, -0.2) is 29.2 Å². The Morgan fingerprint density at radius 3 is 2.63 bits per heavy atom. The fourth-order valence-corrected chi connectivity index (χ4v) is 3.57. The number of esters is 1. The smallest absolute Gasteiger partial charge is 0.337 e. The van der Waals surface area contributed by atoms with Crippen LogP contribution in [0.1, 0.15) is 25.5 Å². The summed E-state index contributed by atoms with van der Waals surface area (Å²) in [7, 11) is 1.40. The molecule has 0 saturated carbocycles. The molecule has 0 spiro atoms. The van der Waals surface area contributed by atoms with Crippen molar-refractivity contribution in [2.24, 2.45) is 0 Å². The van der Waals surface area contributed by atoms with Crippen LogP contribution >= 0.6 is 0 Å². The Hall–Kier alpha value is -3.28. The molecule has 4 rings (SSSR count). The maximum Gasteiger partial charge on any atom is 0.337 e. The molecule has 1 aromatic heterocycles. The summed E-state index contributed by atoms with van der Waals surface area (Å²) >= 11 is 0. The summed E-state index contributed by atoms with van der Waals surface area (Å²) in [5.41, 5.74) is 4.09. The molecule has 2 heterocycles. The third kappa shape index (κ3) is 2.83. The van der Waals surface area contributed by atoms with Gasteiger partial charge in [-0.1, -0.05) is 24.3 Å². The van der Waals surface area contributed by atoms with Crippen molar-refractivity contribution < 1.29 is 14.3 Å². The van der Waals surface area contributed by atoms with E-state index < -0.39 is 0 Å². The van der Waals surface area contributed by atoms with Crippen molar-refractivity contribution in [1.82, 2.24) is 9.55 Å². The number of imidazole rings is 1. The Morgan fingerprint density at radius 1 is 1.19 bits per heavy atom. The lowest BCUT2D eigenvalue weighted by Crippen LogP contribution is -2.28. The predicted octanol–water partition coefficient (Wildman–Crippen LogP) is 3.90. The number of carbonyl (C=O) groups is 1. The van der Waals surface area contributed by atoms with Gasteiger partial charge in [-0.25, -0.2) is 9.78 Å². The highest BCUT2D eigenvalue weighted by Gasteiger charge is 2.34. The average molecular weight is 363 g/mol. The van der Waals surface area contributed by atoms with E-state index in [2.05, 4.69) is 10.3 Å². The minimum Gasteiger partial charge on any atom is -0.494 e. The van der Waals surface area contributed by atoms with Gasteiger partial charge in [0.25, 0.3) is 0 Å². The summed E-state index contributed by atoms with van der Waals surface area (Å²) in [6.45, 7) is 4.43. The number of fused-ring (bicyclic) bond motifs is 3. The van der Waals surface area contributed by atoms with Gasteiger partial charge in [0.15, 0.2) is 0 Å². The minimum absolute atomic E-state index is 0.336. The van der Waals surface area contributed by atoms with E-state index in [1.807, 2.05) is 66.9 Å². The number of methoxy groups -OCH3 is 1. The van der Waals surface area contributed by atoms with Crippen molar-refractivity contribution in [3.8, 4) is 5.75 Å². The lowest BCUT2D eigenvalue weighted by Gasteiger charge is -2.30. The number of nitrogens with one attached hydrogen (secondary N) is 1. The lowest BCUT2D eigenvalue weighted by atomic mass is 9.95. The molecule has 0 unspecified atom stereocenters. The molecule has 0 bridgehead atoms. The van der Waals surface area contributed by atoms with Crippen LogP contribution in [0.2, 0.25) is 0 Å². The molecule has 1 atom stereocenters. The molecule has 0 saturated heterocycles. The molecule has 138 valence electrons. The number of aromatic nitrogens is 2. The summed E-state index contributed by atoms with van der Waals surface area (Å²) in [5, 5.41) is 3.25. The second kappa shape index (κ2) is 6.79. The summed E-state index contributed by atoms with van der Waals surface area (Å²) in [6, 6.07) is 15.4. The minimum atomic E-state index is -0.359. The zero-order valence-electron chi connectivity index (χ0n) is 15.5. The van der Waals surface area contributed by atoms with Gasteiger partial charge in [0.1, 0.15) is 5.75 Å². The second-order valence-electron chi connectivity index (χ2n) is 6.35. The van der Waals surface area contributed by atoms with Crippen molar-refractivity contribution in [2.75, 3.05) is 19.0 Å². The fourth-order valence-electron chi connectivity index (χ4n) is 3.57. The Morgan fingerprint density at radius 2 is 1.93 bits per heavy atom. The number of hydrogen-bond acceptors (Lipinski definition) is 5. The van der Waals surface area contributed by atoms with Crippen LogP contribution in [0.4, 0.5) is 5.95 Å². The van der Waals surface area contributed by atoms with Gasteiger partial charge >= 0.3 is 5.97 Å². The first-order valence-electron chi connectivity index (χ1n) is 8.90. The third-order valence-corrected chi connectivity index (χ3v) is 4.74. The first kappa shape index (κ1) is 17.1. The Bertz CT molecular complexity index is 1030. The number of hydrogen-bond donors (Lipinski definition) is 1. The summed E-state index contributed by atoms with van der Waals surface area (Å²) in [5.74, 6) is 1.15. The molecule has 6 nitrogen and oxygen atoms in total. The van der Waals surface area contributed by atoms with E-state index in [0.717, 1.165) is 28.0 Å². The Labute approximate surface area is 157 Å². The number of benzene rings is 2. The van der Waals surface area contributed by atoms with Crippen molar-refractivity contribution in [3.63, 3.8) is 0 Å². The van der Waals surface area contributed by atoms with E-state index >= 15 is 0 Å². The highest BCUT2D eigenvalue weighted by molar-refractivity contribution is 5.94.